The average Bonchev–Trinajstić information content (AvgIpc) is 3.15. The first-order valence-corrected chi connectivity index (χ1v) is 8.83. The molecule has 2 bridgehead atoms. The van der Waals surface area contributed by atoms with Gasteiger partial charge in [-0.15, -0.1) is 0 Å². The lowest BCUT2D eigenvalue weighted by atomic mass is 9.84. The fourth-order valence-corrected chi connectivity index (χ4v) is 4.83. The smallest absolute Gasteiger partial charge is 0.198 e. The second-order valence-electron chi connectivity index (χ2n) is 7.38. The number of fused-ring (bicyclic) bond motifs is 10. The van der Waals surface area contributed by atoms with Crippen LogP contribution in [0.5, 0.6) is 0 Å². The van der Waals surface area contributed by atoms with E-state index in [1.54, 1.807) is 12.1 Å². The van der Waals surface area contributed by atoms with Gasteiger partial charge in [0, 0.05) is 10.8 Å². The first kappa shape index (κ1) is 15.8. The highest BCUT2D eigenvalue weighted by Crippen LogP contribution is 2.54. The molecular weight excluding hydrogens is 368 g/mol. The molecule has 2 aliphatic rings. The molecule has 4 aromatic carbocycles. The molecule has 136 valence electrons. The Morgan fingerprint density at radius 2 is 1.00 bits per heavy atom. The van der Waals surface area contributed by atoms with Gasteiger partial charge in [0.1, 0.15) is 0 Å². The predicted octanol–water partition coefficient (Wildman–Crippen LogP) is 5.71. The monoisotopic (exact) mass is 378 g/mol. The Bertz CT molecular complexity index is 1290. The van der Waals surface area contributed by atoms with E-state index in [0.717, 1.165) is 22.3 Å². The van der Waals surface area contributed by atoms with E-state index in [4.69, 9.17) is 0 Å². The molecule has 2 aliphatic carbocycles. The van der Waals surface area contributed by atoms with Gasteiger partial charge in [0.15, 0.2) is 29.1 Å². The lowest BCUT2D eigenvalue weighted by Crippen LogP contribution is -2.03. The molecule has 0 heterocycles. The summed E-state index contributed by atoms with van der Waals surface area (Å²) in [6, 6.07) is 13.8. The summed E-state index contributed by atoms with van der Waals surface area (Å²) in [4.78, 5) is 12.9. The van der Waals surface area contributed by atoms with Crippen molar-refractivity contribution in [3.8, 4) is 0 Å². The van der Waals surface area contributed by atoms with Gasteiger partial charge < -0.3 is 0 Å². The molecule has 0 spiro atoms. The van der Waals surface area contributed by atoms with Crippen LogP contribution in [0.15, 0.2) is 48.5 Å². The average molecular weight is 378 g/mol. The van der Waals surface area contributed by atoms with E-state index >= 15 is 0 Å². The fraction of sp³-hybridized carbons (Fsp3) is 0.0870. The Labute approximate surface area is 156 Å². The molecule has 0 amide bonds. The molecule has 0 fully saturated rings. The number of halogens is 4. The van der Waals surface area contributed by atoms with Crippen molar-refractivity contribution < 1.29 is 22.4 Å². The minimum absolute atomic E-state index is 0.0884. The standard InChI is InChI=1S/C23H10F4O/c24-19-15-7-9-5-13-14(6-10(9)8-16(15)20(25)22(27)21(19)26)18-12-4-2-1-3-11(12)17(13)23(18)28/h1-8,17-18H/t17-,18+. The van der Waals surface area contributed by atoms with E-state index in [2.05, 4.69) is 0 Å². The van der Waals surface area contributed by atoms with Gasteiger partial charge in [-0.05, 0) is 57.3 Å². The third-order valence-corrected chi connectivity index (χ3v) is 6.04. The first-order chi connectivity index (χ1) is 13.5. The van der Waals surface area contributed by atoms with Crippen LogP contribution in [0.2, 0.25) is 0 Å². The maximum atomic E-state index is 14.2. The molecule has 0 saturated heterocycles. The summed E-state index contributed by atoms with van der Waals surface area (Å²) in [7, 11) is 0. The second kappa shape index (κ2) is 4.98. The van der Waals surface area contributed by atoms with Gasteiger partial charge in [-0.3, -0.25) is 4.79 Å². The Hall–Kier alpha value is -3.21. The van der Waals surface area contributed by atoms with Gasteiger partial charge in [0.05, 0.1) is 11.8 Å². The highest BCUT2D eigenvalue weighted by atomic mass is 19.2. The first-order valence-electron chi connectivity index (χ1n) is 8.83. The summed E-state index contributed by atoms with van der Waals surface area (Å²) in [6.07, 6.45) is 0. The SMILES string of the molecule is O=C1[C@@H]2c3ccccc3[C@H]1c1cc3cc4c(F)c(F)c(F)c(F)c4cc3cc12. The largest absolute Gasteiger partial charge is 0.298 e. The molecular formula is C23H10F4O. The molecule has 6 rings (SSSR count). The van der Waals surface area contributed by atoms with Crippen molar-refractivity contribution in [3.63, 3.8) is 0 Å². The number of rotatable bonds is 0. The number of Topliss-reactive ketones (excluding diaryl/α,β-unsaturated/α-hetero) is 1. The van der Waals surface area contributed by atoms with E-state index in [-0.39, 0.29) is 28.4 Å². The highest BCUT2D eigenvalue weighted by Gasteiger charge is 2.48. The summed E-state index contributed by atoms with van der Waals surface area (Å²) >= 11 is 0. The Morgan fingerprint density at radius 1 is 0.571 bits per heavy atom. The lowest BCUT2D eigenvalue weighted by molar-refractivity contribution is -0.118. The van der Waals surface area contributed by atoms with Crippen LogP contribution in [0.3, 0.4) is 0 Å². The van der Waals surface area contributed by atoms with Crippen molar-refractivity contribution in [1.29, 1.82) is 0 Å². The molecule has 2 atom stereocenters. The quantitative estimate of drug-likeness (QED) is 0.166. The van der Waals surface area contributed by atoms with Crippen molar-refractivity contribution in [1.82, 2.24) is 0 Å². The number of ketones is 1. The van der Waals surface area contributed by atoms with Crippen LogP contribution in [-0.2, 0) is 4.79 Å². The van der Waals surface area contributed by atoms with Crippen molar-refractivity contribution in [2.24, 2.45) is 0 Å². The Kier molecular flexibility index (Phi) is 2.81. The van der Waals surface area contributed by atoms with E-state index in [1.807, 2.05) is 24.3 Å². The van der Waals surface area contributed by atoms with Gasteiger partial charge >= 0.3 is 0 Å². The fourth-order valence-electron chi connectivity index (χ4n) is 4.83. The molecule has 0 aliphatic heterocycles. The van der Waals surface area contributed by atoms with Crippen molar-refractivity contribution in [3.05, 3.63) is 94.1 Å². The minimum Gasteiger partial charge on any atom is -0.298 e. The topological polar surface area (TPSA) is 17.1 Å². The van der Waals surface area contributed by atoms with Crippen molar-refractivity contribution in [2.75, 3.05) is 0 Å². The summed E-state index contributed by atoms with van der Waals surface area (Å²) in [5.41, 5.74) is 3.61. The number of hydrogen-bond acceptors (Lipinski definition) is 1. The molecule has 1 nitrogen and oxygen atoms in total. The molecule has 0 N–H and O–H groups in total. The highest BCUT2D eigenvalue weighted by molar-refractivity contribution is 6.09. The minimum atomic E-state index is -1.83. The van der Waals surface area contributed by atoms with E-state index < -0.39 is 23.3 Å². The maximum absolute atomic E-state index is 14.2. The van der Waals surface area contributed by atoms with Crippen LogP contribution < -0.4 is 0 Å². The van der Waals surface area contributed by atoms with Crippen LogP contribution in [0.1, 0.15) is 34.1 Å². The molecule has 0 unspecified atom stereocenters. The Balaban J connectivity index is 1.69. The zero-order valence-electron chi connectivity index (χ0n) is 14.2. The van der Waals surface area contributed by atoms with Crippen LogP contribution in [0.4, 0.5) is 17.6 Å². The van der Waals surface area contributed by atoms with E-state index in [0.29, 0.717) is 10.8 Å². The van der Waals surface area contributed by atoms with E-state index in [1.165, 1.54) is 12.1 Å². The number of carbonyl (C=O) groups is 1. The van der Waals surface area contributed by atoms with Gasteiger partial charge in [0.2, 0.25) is 0 Å². The third-order valence-electron chi connectivity index (χ3n) is 6.04. The van der Waals surface area contributed by atoms with Crippen LogP contribution in [0.25, 0.3) is 21.5 Å². The third kappa shape index (κ3) is 1.70. The van der Waals surface area contributed by atoms with Crippen LogP contribution in [0, 0.1) is 23.3 Å². The lowest BCUT2D eigenvalue weighted by Gasteiger charge is -2.18. The zero-order chi connectivity index (χ0) is 19.3. The van der Waals surface area contributed by atoms with E-state index in [9.17, 15) is 22.4 Å². The second-order valence-corrected chi connectivity index (χ2v) is 7.38. The summed E-state index contributed by atoms with van der Waals surface area (Å²) < 4.78 is 55.7. The predicted molar refractivity (Wildman–Crippen MR) is 96.4 cm³/mol. The molecule has 4 aromatic rings. The summed E-state index contributed by atoms with van der Waals surface area (Å²) in [5, 5.41) is 0.458. The van der Waals surface area contributed by atoms with Gasteiger partial charge in [0.25, 0.3) is 0 Å². The number of benzene rings is 4. The molecule has 28 heavy (non-hydrogen) atoms. The number of hydrogen-bond donors (Lipinski definition) is 0. The van der Waals surface area contributed by atoms with Gasteiger partial charge in [-0.2, -0.15) is 0 Å². The molecule has 0 saturated carbocycles. The van der Waals surface area contributed by atoms with Crippen molar-refractivity contribution >= 4 is 27.3 Å². The maximum Gasteiger partial charge on any atom is 0.198 e. The van der Waals surface area contributed by atoms with Gasteiger partial charge in [-0.25, -0.2) is 17.6 Å². The zero-order valence-corrected chi connectivity index (χ0v) is 14.2. The Morgan fingerprint density at radius 3 is 1.43 bits per heavy atom. The van der Waals surface area contributed by atoms with Crippen LogP contribution >= 0.6 is 0 Å². The normalized spacial score (nSPS) is 19.5. The summed E-state index contributed by atoms with van der Waals surface area (Å²) in [5.74, 6) is -7.14. The van der Waals surface area contributed by atoms with Gasteiger partial charge in [-0.1, -0.05) is 24.3 Å². The molecule has 5 heteroatoms. The van der Waals surface area contributed by atoms with Crippen LogP contribution in [-0.4, -0.2) is 5.78 Å². The molecule has 0 radical (unpaired) electrons. The number of carbonyl (C=O) groups excluding carboxylic acids is 1. The molecule has 0 aromatic heterocycles. The summed E-state index contributed by atoms with van der Waals surface area (Å²) in [6.45, 7) is 0. The van der Waals surface area contributed by atoms with Crippen molar-refractivity contribution in [2.45, 2.75) is 11.8 Å².